The maximum atomic E-state index is 12.8. The van der Waals surface area contributed by atoms with E-state index in [-0.39, 0.29) is 29.5 Å². The van der Waals surface area contributed by atoms with Gasteiger partial charge in [-0.3, -0.25) is 9.59 Å². The smallest absolute Gasteiger partial charge is 0.311 e. The summed E-state index contributed by atoms with van der Waals surface area (Å²) in [5.41, 5.74) is 0. The molecule has 0 bridgehead atoms. The number of aliphatic hydroxyl groups is 2. The molecule has 26 heavy (non-hydrogen) atoms. The molecular formula is C21H38O5. The largest absolute Gasteiger partial charge is 0.462 e. The summed E-state index contributed by atoms with van der Waals surface area (Å²) in [5.74, 6) is -1.80. The summed E-state index contributed by atoms with van der Waals surface area (Å²) in [4.78, 5) is 25.3. The van der Waals surface area contributed by atoms with Gasteiger partial charge in [0.2, 0.25) is 0 Å². The van der Waals surface area contributed by atoms with E-state index in [4.69, 9.17) is 4.74 Å². The topological polar surface area (TPSA) is 83.8 Å². The number of rotatable bonds is 1. The van der Waals surface area contributed by atoms with Crippen LogP contribution in [0, 0.1) is 35.5 Å². The highest BCUT2D eigenvalue weighted by molar-refractivity contribution is 5.83. The second kappa shape index (κ2) is 9.84. The Bertz CT molecular complexity index is 477. The number of esters is 1. The van der Waals surface area contributed by atoms with Crippen LogP contribution >= 0.6 is 0 Å². The van der Waals surface area contributed by atoms with Crippen LogP contribution in [0.2, 0.25) is 0 Å². The van der Waals surface area contributed by atoms with Gasteiger partial charge in [0, 0.05) is 17.8 Å². The van der Waals surface area contributed by atoms with Gasteiger partial charge < -0.3 is 14.9 Å². The number of ether oxygens (including phenoxy) is 1. The molecule has 2 unspecified atom stereocenters. The molecule has 0 aromatic rings. The Hall–Kier alpha value is -0.940. The molecule has 0 amide bonds. The molecule has 0 spiro atoms. The molecule has 1 aliphatic rings. The van der Waals surface area contributed by atoms with Crippen molar-refractivity contribution >= 4 is 11.8 Å². The molecule has 152 valence electrons. The summed E-state index contributed by atoms with van der Waals surface area (Å²) >= 11 is 0. The van der Waals surface area contributed by atoms with E-state index in [1.807, 2.05) is 27.7 Å². The molecule has 1 heterocycles. The van der Waals surface area contributed by atoms with Crippen molar-refractivity contribution in [1.82, 2.24) is 0 Å². The zero-order valence-corrected chi connectivity index (χ0v) is 17.4. The van der Waals surface area contributed by atoms with Gasteiger partial charge in [0.15, 0.2) is 0 Å². The van der Waals surface area contributed by atoms with Gasteiger partial charge in [0.1, 0.15) is 11.9 Å². The van der Waals surface area contributed by atoms with Crippen LogP contribution in [0.1, 0.15) is 67.7 Å². The number of aliphatic hydroxyl groups excluding tert-OH is 2. The Balaban J connectivity index is 3.14. The van der Waals surface area contributed by atoms with Crippen LogP contribution in [0.5, 0.6) is 0 Å². The molecule has 5 heteroatoms. The zero-order chi connectivity index (χ0) is 20.2. The fourth-order valence-corrected chi connectivity index (χ4v) is 4.33. The monoisotopic (exact) mass is 370 g/mol. The first-order valence-corrected chi connectivity index (χ1v) is 10.1. The van der Waals surface area contributed by atoms with E-state index >= 15 is 0 Å². The average molecular weight is 371 g/mol. The minimum atomic E-state index is -0.861. The maximum Gasteiger partial charge on any atom is 0.311 e. The number of hydrogen-bond acceptors (Lipinski definition) is 5. The van der Waals surface area contributed by atoms with Crippen molar-refractivity contribution in [1.29, 1.82) is 0 Å². The van der Waals surface area contributed by atoms with Crippen LogP contribution in [0.25, 0.3) is 0 Å². The third-order valence-corrected chi connectivity index (χ3v) is 6.24. The third-order valence-electron chi connectivity index (χ3n) is 6.24. The highest BCUT2D eigenvalue weighted by atomic mass is 16.5. The van der Waals surface area contributed by atoms with Crippen LogP contribution in [-0.2, 0) is 14.3 Å². The normalized spacial score (nSPS) is 44.3. The summed E-state index contributed by atoms with van der Waals surface area (Å²) in [7, 11) is 0. The molecule has 1 aliphatic heterocycles. The van der Waals surface area contributed by atoms with E-state index in [2.05, 4.69) is 6.92 Å². The van der Waals surface area contributed by atoms with E-state index in [1.54, 1.807) is 13.8 Å². The number of carbonyl (C=O) groups is 2. The molecular weight excluding hydrogens is 332 g/mol. The zero-order valence-electron chi connectivity index (χ0n) is 17.4. The average Bonchev–Trinajstić information content (AvgIpc) is 2.60. The summed E-state index contributed by atoms with van der Waals surface area (Å²) in [5, 5.41) is 21.3. The maximum absolute atomic E-state index is 12.8. The van der Waals surface area contributed by atoms with E-state index in [9.17, 15) is 19.8 Å². The molecule has 1 rings (SSSR count). The van der Waals surface area contributed by atoms with E-state index in [0.29, 0.717) is 6.42 Å². The minimum Gasteiger partial charge on any atom is -0.462 e. The van der Waals surface area contributed by atoms with Crippen LogP contribution in [0.3, 0.4) is 0 Å². The van der Waals surface area contributed by atoms with Gasteiger partial charge in [0.05, 0.1) is 18.1 Å². The van der Waals surface area contributed by atoms with Crippen LogP contribution in [0.4, 0.5) is 0 Å². The van der Waals surface area contributed by atoms with Crippen molar-refractivity contribution in [2.75, 3.05) is 0 Å². The Morgan fingerprint density at radius 3 is 2.04 bits per heavy atom. The lowest BCUT2D eigenvalue weighted by Gasteiger charge is -2.34. The molecule has 0 aliphatic carbocycles. The SMILES string of the molecule is CCC1OC(=O)[C@H](C)[C@@H](O)[C@H](C)CC(C)C[C@@H](C)C(=O)[C@H](C)[C@@H](O)[C@H]1C. The Morgan fingerprint density at radius 2 is 1.50 bits per heavy atom. The predicted molar refractivity (Wildman–Crippen MR) is 101 cm³/mol. The molecule has 0 aromatic carbocycles. The molecule has 0 aromatic heterocycles. The van der Waals surface area contributed by atoms with Crippen molar-refractivity contribution in [3.05, 3.63) is 0 Å². The number of cyclic esters (lactones) is 1. The predicted octanol–water partition coefficient (Wildman–Crippen LogP) is 3.21. The molecule has 0 saturated carbocycles. The lowest BCUT2D eigenvalue weighted by atomic mass is 9.78. The van der Waals surface area contributed by atoms with Crippen LogP contribution in [-0.4, -0.2) is 40.3 Å². The highest BCUT2D eigenvalue weighted by Crippen LogP contribution is 2.30. The van der Waals surface area contributed by atoms with Gasteiger partial charge in [-0.1, -0.05) is 41.5 Å². The second-order valence-corrected chi connectivity index (χ2v) is 8.66. The molecule has 2 N–H and O–H groups in total. The number of ketones is 1. The van der Waals surface area contributed by atoms with Gasteiger partial charge in [0.25, 0.3) is 0 Å². The van der Waals surface area contributed by atoms with Crippen molar-refractivity contribution in [2.45, 2.75) is 86.0 Å². The van der Waals surface area contributed by atoms with Gasteiger partial charge >= 0.3 is 5.97 Å². The fourth-order valence-electron chi connectivity index (χ4n) is 4.33. The summed E-state index contributed by atoms with van der Waals surface area (Å²) in [6.07, 6.45) is -0.112. The summed E-state index contributed by atoms with van der Waals surface area (Å²) < 4.78 is 5.63. The first-order chi connectivity index (χ1) is 12.0. The van der Waals surface area contributed by atoms with Gasteiger partial charge in [-0.2, -0.15) is 0 Å². The number of carbonyl (C=O) groups excluding carboxylic acids is 2. The molecule has 9 atom stereocenters. The van der Waals surface area contributed by atoms with Crippen molar-refractivity contribution in [2.24, 2.45) is 35.5 Å². The van der Waals surface area contributed by atoms with Gasteiger partial charge in [-0.05, 0) is 38.0 Å². The lowest BCUT2D eigenvalue weighted by Crippen LogP contribution is -2.43. The Labute approximate surface area is 158 Å². The second-order valence-electron chi connectivity index (χ2n) is 8.66. The summed E-state index contributed by atoms with van der Waals surface area (Å²) in [6.45, 7) is 13.1. The third kappa shape index (κ3) is 5.53. The standard InChI is InChI=1S/C21H38O5/c1-8-17-14(5)20(24)15(6)18(22)12(3)9-11(2)10-13(4)19(23)16(7)21(25)26-17/h11-17,19-20,23-24H,8-10H2,1-7H3/t11?,12-,13-,14+,15+,16-,17?,19+,20+/m1/s1. The number of hydrogen-bond donors (Lipinski definition) is 2. The molecule has 1 fully saturated rings. The highest BCUT2D eigenvalue weighted by Gasteiger charge is 2.37. The van der Waals surface area contributed by atoms with Gasteiger partial charge in [-0.25, -0.2) is 0 Å². The van der Waals surface area contributed by atoms with E-state index < -0.39 is 36.1 Å². The van der Waals surface area contributed by atoms with Crippen molar-refractivity contribution in [3.63, 3.8) is 0 Å². The lowest BCUT2D eigenvalue weighted by molar-refractivity contribution is -0.164. The van der Waals surface area contributed by atoms with Crippen molar-refractivity contribution in [3.8, 4) is 0 Å². The first kappa shape index (κ1) is 23.1. The van der Waals surface area contributed by atoms with Crippen LogP contribution < -0.4 is 0 Å². The minimum absolute atomic E-state index is 0.0519. The van der Waals surface area contributed by atoms with Gasteiger partial charge in [-0.15, -0.1) is 0 Å². The van der Waals surface area contributed by atoms with E-state index in [1.165, 1.54) is 0 Å². The Morgan fingerprint density at radius 1 is 0.923 bits per heavy atom. The fraction of sp³-hybridized carbons (Fsp3) is 0.905. The summed E-state index contributed by atoms with van der Waals surface area (Å²) in [6, 6.07) is 0. The quantitative estimate of drug-likeness (QED) is 0.693. The van der Waals surface area contributed by atoms with Crippen molar-refractivity contribution < 1.29 is 24.5 Å². The molecule has 5 nitrogen and oxygen atoms in total. The molecule has 1 saturated heterocycles. The van der Waals surface area contributed by atoms with E-state index in [0.717, 1.165) is 12.8 Å². The first-order valence-electron chi connectivity index (χ1n) is 10.1. The molecule has 0 radical (unpaired) electrons. The number of Topliss-reactive ketones (excluding diaryl/α,β-unsaturated/α-hetero) is 1. The Kier molecular flexibility index (Phi) is 8.74. The van der Waals surface area contributed by atoms with Crippen LogP contribution in [0.15, 0.2) is 0 Å².